The number of carboxylic acids is 1. The zero-order valence-corrected chi connectivity index (χ0v) is 13.0. The van der Waals surface area contributed by atoms with Crippen molar-refractivity contribution in [3.05, 3.63) is 0 Å². The van der Waals surface area contributed by atoms with Gasteiger partial charge in [-0.3, -0.25) is 9.69 Å². The predicted molar refractivity (Wildman–Crippen MR) is 80.2 cm³/mol. The molecule has 2 rings (SSSR count). The number of hydrogen-bond donors (Lipinski definition) is 2. The Labute approximate surface area is 126 Å². The topological polar surface area (TPSA) is 72.9 Å². The number of hydrogen-bond acceptors (Lipinski definition) is 3. The van der Waals surface area contributed by atoms with Crippen molar-refractivity contribution in [3.63, 3.8) is 0 Å². The third kappa shape index (κ3) is 4.33. The monoisotopic (exact) mass is 297 g/mol. The van der Waals surface area contributed by atoms with E-state index in [2.05, 4.69) is 12.2 Å². The lowest BCUT2D eigenvalue weighted by Gasteiger charge is -2.37. The summed E-state index contributed by atoms with van der Waals surface area (Å²) in [6, 6.07) is -0.164. The molecule has 3 atom stereocenters. The second-order valence-electron chi connectivity index (χ2n) is 6.46. The maximum absolute atomic E-state index is 12.3. The Morgan fingerprint density at radius 2 is 1.86 bits per heavy atom. The first-order chi connectivity index (χ1) is 9.97. The predicted octanol–water partition coefficient (Wildman–Crippen LogP) is 1.37. The van der Waals surface area contributed by atoms with E-state index in [4.69, 9.17) is 5.11 Å². The highest BCUT2D eigenvalue weighted by molar-refractivity contribution is 5.75. The zero-order valence-electron chi connectivity index (χ0n) is 13.0. The minimum absolute atomic E-state index is 0.0109. The van der Waals surface area contributed by atoms with Crippen LogP contribution < -0.4 is 5.32 Å². The summed E-state index contributed by atoms with van der Waals surface area (Å²) < 4.78 is 0. The molecule has 2 aliphatic rings. The number of carboxylic acid groups (broad SMARTS) is 1. The largest absolute Gasteiger partial charge is 0.480 e. The van der Waals surface area contributed by atoms with E-state index in [1.54, 1.807) is 6.92 Å². The van der Waals surface area contributed by atoms with Gasteiger partial charge in [0.05, 0.1) is 0 Å². The van der Waals surface area contributed by atoms with E-state index in [1.165, 1.54) is 12.8 Å². The van der Waals surface area contributed by atoms with Gasteiger partial charge in [-0.25, -0.2) is 4.79 Å². The van der Waals surface area contributed by atoms with Crippen molar-refractivity contribution in [2.45, 2.75) is 51.6 Å². The standard InChI is InChI=1S/C15H27N3O3/c1-11-4-3-5-13(10-11)16-15(21)18-8-6-17(7-9-18)12(2)14(19)20/h11-13H,3-10H2,1-2H3,(H,16,21)(H,19,20). The summed E-state index contributed by atoms with van der Waals surface area (Å²) >= 11 is 0. The lowest BCUT2D eigenvalue weighted by atomic mass is 9.87. The Hall–Kier alpha value is -1.30. The average Bonchev–Trinajstić information content (AvgIpc) is 2.46. The van der Waals surface area contributed by atoms with E-state index >= 15 is 0 Å². The molecule has 0 spiro atoms. The highest BCUT2D eigenvalue weighted by Gasteiger charge is 2.28. The van der Waals surface area contributed by atoms with Crippen LogP contribution in [-0.4, -0.2) is 65.2 Å². The summed E-state index contributed by atoms with van der Waals surface area (Å²) in [6.45, 7) is 6.40. The molecule has 0 aromatic carbocycles. The van der Waals surface area contributed by atoms with Crippen LogP contribution in [0.1, 0.15) is 39.5 Å². The molecule has 1 aliphatic carbocycles. The Bertz CT molecular complexity index is 380. The summed E-state index contributed by atoms with van der Waals surface area (Å²) in [7, 11) is 0. The Balaban J connectivity index is 1.76. The minimum Gasteiger partial charge on any atom is -0.480 e. The lowest BCUT2D eigenvalue weighted by molar-refractivity contribution is -0.143. The number of carbonyl (C=O) groups is 2. The molecular formula is C15H27N3O3. The number of piperazine rings is 1. The van der Waals surface area contributed by atoms with E-state index in [-0.39, 0.29) is 6.03 Å². The van der Waals surface area contributed by atoms with E-state index in [9.17, 15) is 9.59 Å². The Kier molecular flexibility index (Phi) is 5.45. The highest BCUT2D eigenvalue weighted by atomic mass is 16.4. The molecule has 1 saturated heterocycles. The third-order valence-corrected chi connectivity index (χ3v) is 4.77. The van der Waals surface area contributed by atoms with Crippen LogP contribution in [-0.2, 0) is 4.79 Å². The zero-order chi connectivity index (χ0) is 15.4. The van der Waals surface area contributed by atoms with Crippen LogP contribution in [0.4, 0.5) is 4.79 Å². The fraction of sp³-hybridized carbons (Fsp3) is 0.867. The first-order valence-corrected chi connectivity index (χ1v) is 7.99. The van der Waals surface area contributed by atoms with Crippen molar-refractivity contribution in [2.75, 3.05) is 26.2 Å². The molecule has 2 N–H and O–H groups in total. The molecule has 3 unspecified atom stereocenters. The first kappa shape index (κ1) is 16.1. The van der Waals surface area contributed by atoms with Gasteiger partial charge in [-0.2, -0.15) is 0 Å². The normalized spacial score (nSPS) is 29.0. The van der Waals surface area contributed by atoms with Gasteiger partial charge in [-0.05, 0) is 25.7 Å². The molecule has 2 amide bonds. The summed E-state index contributed by atoms with van der Waals surface area (Å²) in [4.78, 5) is 27.0. The number of carbonyl (C=O) groups excluding carboxylic acids is 1. The molecule has 6 heteroatoms. The average molecular weight is 297 g/mol. The number of nitrogens with zero attached hydrogens (tertiary/aromatic N) is 2. The van der Waals surface area contributed by atoms with Gasteiger partial charge in [0.15, 0.2) is 0 Å². The number of amides is 2. The maximum atomic E-state index is 12.3. The van der Waals surface area contributed by atoms with E-state index < -0.39 is 12.0 Å². The van der Waals surface area contributed by atoms with Crippen LogP contribution in [0, 0.1) is 5.92 Å². The van der Waals surface area contributed by atoms with Gasteiger partial charge in [0.2, 0.25) is 0 Å². The molecule has 0 radical (unpaired) electrons. The second kappa shape index (κ2) is 7.11. The minimum atomic E-state index is -0.802. The third-order valence-electron chi connectivity index (χ3n) is 4.77. The molecule has 1 saturated carbocycles. The van der Waals surface area contributed by atoms with Crippen molar-refractivity contribution in [1.82, 2.24) is 15.1 Å². The molecule has 120 valence electrons. The van der Waals surface area contributed by atoms with Gasteiger partial charge >= 0.3 is 12.0 Å². The Morgan fingerprint density at radius 1 is 1.19 bits per heavy atom. The molecule has 0 aromatic heterocycles. The summed E-state index contributed by atoms with van der Waals surface area (Å²) in [5.41, 5.74) is 0. The van der Waals surface area contributed by atoms with Gasteiger partial charge in [-0.15, -0.1) is 0 Å². The molecule has 21 heavy (non-hydrogen) atoms. The maximum Gasteiger partial charge on any atom is 0.320 e. The number of rotatable bonds is 3. The molecule has 1 aliphatic heterocycles. The van der Waals surface area contributed by atoms with Crippen molar-refractivity contribution in [2.24, 2.45) is 5.92 Å². The molecular weight excluding hydrogens is 270 g/mol. The quantitative estimate of drug-likeness (QED) is 0.825. The first-order valence-electron chi connectivity index (χ1n) is 7.99. The van der Waals surface area contributed by atoms with Crippen LogP contribution in [0.25, 0.3) is 0 Å². The smallest absolute Gasteiger partial charge is 0.320 e. The molecule has 2 fully saturated rings. The van der Waals surface area contributed by atoms with Crippen LogP contribution in [0.15, 0.2) is 0 Å². The van der Waals surface area contributed by atoms with Crippen molar-refractivity contribution >= 4 is 12.0 Å². The van der Waals surface area contributed by atoms with E-state index in [0.29, 0.717) is 38.1 Å². The molecule has 0 bridgehead atoms. The van der Waals surface area contributed by atoms with Gasteiger partial charge in [-0.1, -0.05) is 19.8 Å². The fourth-order valence-electron chi connectivity index (χ4n) is 3.30. The van der Waals surface area contributed by atoms with Crippen LogP contribution in [0.3, 0.4) is 0 Å². The van der Waals surface area contributed by atoms with Crippen LogP contribution >= 0.6 is 0 Å². The molecule has 6 nitrogen and oxygen atoms in total. The summed E-state index contributed by atoms with van der Waals surface area (Å²) in [5, 5.41) is 12.2. The highest BCUT2D eigenvalue weighted by Crippen LogP contribution is 2.23. The van der Waals surface area contributed by atoms with Gasteiger partial charge in [0.1, 0.15) is 6.04 Å². The molecule has 0 aromatic rings. The van der Waals surface area contributed by atoms with E-state index in [1.807, 2.05) is 9.80 Å². The molecule has 1 heterocycles. The van der Waals surface area contributed by atoms with E-state index in [0.717, 1.165) is 12.8 Å². The van der Waals surface area contributed by atoms with Gasteiger partial charge in [0, 0.05) is 32.2 Å². The van der Waals surface area contributed by atoms with Crippen molar-refractivity contribution in [1.29, 1.82) is 0 Å². The Morgan fingerprint density at radius 3 is 2.43 bits per heavy atom. The fourth-order valence-corrected chi connectivity index (χ4v) is 3.30. The number of urea groups is 1. The SMILES string of the molecule is CC1CCCC(NC(=O)N2CCN(C(C)C(=O)O)CC2)C1. The van der Waals surface area contributed by atoms with Gasteiger partial charge in [0.25, 0.3) is 0 Å². The summed E-state index contributed by atoms with van der Waals surface area (Å²) in [6.07, 6.45) is 4.60. The van der Waals surface area contributed by atoms with Crippen LogP contribution in [0.2, 0.25) is 0 Å². The summed E-state index contributed by atoms with van der Waals surface area (Å²) in [5.74, 6) is -0.110. The van der Waals surface area contributed by atoms with Crippen molar-refractivity contribution in [3.8, 4) is 0 Å². The second-order valence-corrected chi connectivity index (χ2v) is 6.46. The number of aliphatic carboxylic acids is 1. The number of nitrogens with one attached hydrogen (secondary N) is 1. The van der Waals surface area contributed by atoms with Crippen molar-refractivity contribution < 1.29 is 14.7 Å². The lowest BCUT2D eigenvalue weighted by Crippen LogP contribution is -2.56. The van der Waals surface area contributed by atoms with Crippen LogP contribution in [0.5, 0.6) is 0 Å². The van der Waals surface area contributed by atoms with Gasteiger partial charge < -0.3 is 15.3 Å².